The Morgan fingerprint density at radius 1 is 1.44 bits per heavy atom. The lowest BCUT2D eigenvalue weighted by atomic mass is 10.1. The average molecular weight is 250 g/mol. The van der Waals surface area contributed by atoms with Crippen LogP contribution in [0.5, 0.6) is 0 Å². The van der Waals surface area contributed by atoms with Crippen molar-refractivity contribution >= 4 is 11.8 Å². The summed E-state index contributed by atoms with van der Waals surface area (Å²) < 4.78 is 1.69. The van der Waals surface area contributed by atoms with Gasteiger partial charge in [0.25, 0.3) is 0 Å². The number of carbonyl (C=O) groups is 2. The second-order valence-corrected chi connectivity index (χ2v) is 4.64. The summed E-state index contributed by atoms with van der Waals surface area (Å²) in [5.74, 6) is -0.112. The molecule has 0 saturated carbocycles. The molecule has 0 bridgehead atoms. The van der Waals surface area contributed by atoms with E-state index in [1.165, 1.54) is 0 Å². The first-order chi connectivity index (χ1) is 8.52. The van der Waals surface area contributed by atoms with Crippen LogP contribution in [0.25, 0.3) is 0 Å². The molecule has 0 radical (unpaired) electrons. The molecule has 1 saturated heterocycles. The molecule has 0 aliphatic carbocycles. The maximum absolute atomic E-state index is 12.1. The van der Waals surface area contributed by atoms with Gasteiger partial charge in [-0.2, -0.15) is 5.10 Å². The normalized spacial score (nSPS) is 24.3. The number of amides is 2. The third-order valence-electron chi connectivity index (χ3n) is 3.19. The fraction of sp³-hybridized carbons (Fsp3) is 0.583. The maximum Gasteiger partial charge on any atom is 0.245 e. The topological polar surface area (TPSA) is 67.2 Å². The zero-order valence-corrected chi connectivity index (χ0v) is 10.9. The van der Waals surface area contributed by atoms with Crippen LogP contribution >= 0.6 is 0 Å². The number of piperazine rings is 1. The van der Waals surface area contributed by atoms with Crippen LogP contribution in [0, 0.1) is 0 Å². The highest BCUT2D eigenvalue weighted by molar-refractivity contribution is 5.96. The van der Waals surface area contributed by atoms with E-state index in [1.807, 2.05) is 20.2 Å². The molecule has 98 valence electrons. The highest BCUT2D eigenvalue weighted by Gasteiger charge is 2.37. The SMILES string of the molecule is CCC1C(=O)NC(C)C(=O)N1Cc1cnn(C)c1. The van der Waals surface area contributed by atoms with Gasteiger partial charge in [0.05, 0.1) is 6.20 Å². The van der Waals surface area contributed by atoms with Crippen LogP contribution in [-0.4, -0.2) is 38.6 Å². The molecule has 2 unspecified atom stereocenters. The molecule has 2 heterocycles. The zero-order valence-electron chi connectivity index (χ0n) is 10.9. The Balaban J connectivity index is 2.20. The molecule has 1 aliphatic rings. The van der Waals surface area contributed by atoms with Crippen molar-refractivity contribution in [2.24, 2.45) is 7.05 Å². The number of rotatable bonds is 3. The molecule has 1 fully saturated rings. The van der Waals surface area contributed by atoms with Crippen molar-refractivity contribution in [3.63, 3.8) is 0 Å². The van der Waals surface area contributed by atoms with E-state index in [4.69, 9.17) is 0 Å². The summed E-state index contributed by atoms with van der Waals surface area (Å²) in [4.78, 5) is 25.6. The predicted octanol–water partition coefficient (Wildman–Crippen LogP) is 0.0456. The van der Waals surface area contributed by atoms with Crippen LogP contribution in [0.1, 0.15) is 25.8 Å². The Bertz CT molecular complexity index is 468. The number of hydrogen-bond acceptors (Lipinski definition) is 3. The van der Waals surface area contributed by atoms with E-state index in [0.29, 0.717) is 13.0 Å². The molecule has 2 amide bonds. The van der Waals surface area contributed by atoms with E-state index in [1.54, 1.807) is 22.7 Å². The average Bonchev–Trinajstić information content (AvgIpc) is 2.72. The van der Waals surface area contributed by atoms with Gasteiger partial charge >= 0.3 is 0 Å². The smallest absolute Gasteiger partial charge is 0.245 e. The molecule has 1 aromatic rings. The number of nitrogens with zero attached hydrogens (tertiary/aromatic N) is 3. The van der Waals surface area contributed by atoms with Crippen molar-refractivity contribution in [2.45, 2.75) is 38.9 Å². The quantitative estimate of drug-likeness (QED) is 0.824. The fourth-order valence-corrected chi connectivity index (χ4v) is 2.26. The van der Waals surface area contributed by atoms with Gasteiger partial charge in [-0.1, -0.05) is 6.92 Å². The minimum absolute atomic E-state index is 0.0368. The summed E-state index contributed by atoms with van der Waals surface area (Å²) in [5.41, 5.74) is 0.936. The van der Waals surface area contributed by atoms with Gasteiger partial charge in [0.1, 0.15) is 12.1 Å². The highest BCUT2D eigenvalue weighted by Crippen LogP contribution is 2.16. The van der Waals surface area contributed by atoms with E-state index in [-0.39, 0.29) is 17.9 Å². The van der Waals surface area contributed by atoms with Gasteiger partial charge in [-0.15, -0.1) is 0 Å². The van der Waals surface area contributed by atoms with Gasteiger partial charge in [-0.05, 0) is 13.3 Å². The first-order valence-electron chi connectivity index (χ1n) is 6.11. The monoisotopic (exact) mass is 250 g/mol. The molecule has 1 aromatic heterocycles. The van der Waals surface area contributed by atoms with Gasteiger partial charge in [0.2, 0.25) is 11.8 Å². The molecule has 6 nitrogen and oxygen atoms in total. The fourth-order valence-electron chi connectivity index (χ4n) is 2.26. The summed E-state index contributed by atoms with van der Waals surface area (Å²) in [7, 11) is 1.83. The van der Waals surface area contributed by atoms with E-state index in [2.05, 4.69) is 10.4 Å². The number of nitrogens with one attached hydrogen (secondary N) is 1. The van der Waals surface area contributed by atoms with Gasteiger partial charge in [0.15, 0.2) is 0 Å². The second kappa shape index (κ2) is 4.80. The van der Waals surface area contributed by atoms with Gasteiger partial charge in [-0.3, -0.25) is 14.3 Å². The first-order valence-corrected chi connectivity index (χ1v) is 6.11. The predicted molar refractivity (Wildman–Crippen MR) is 65.4 cm³/mol. The Morgan fingerprint density at radius 3 is 2.72 bits per heavy atom. The summed E-state index contributed by atoms with van der Waals surface area (Å²) in [6.07, 6.45) is 4.19. The van der Waals surface area contributed by atoms with Gasteiger partial charge < -0.3 is 10.2 Å². The lowest BCUT2D eigenvalue weighted by molar-refractivity contribution is -0.149. The molecular weight excluding hydrogens is 232 g/mol. The first kappa shape index (κ1) is 12.6. The van der Waals surface area contributed by atoms with Crippen molar-refractivity contribution in [1.29, 1.82) is 0 Å². The number of hydrogen-bond donors (Lipinski definition) is 1. The van der Waals surface area contributed by atoms with E-state index in [9.17, 15) is 9.59 Å². The van der Waals surface area contributed by atoms with Crippen molar-refractivity contribution < 1.29 is 9.59 Å². The lowest BCUT2D eigenvalue weighted by Crippen LogP contribution is -2.61. The Labute approximate surface area is 106 Å². The molecule has 2 rings (SSSR count). The summed E-state index contributed by atoms with van der Waals surface area (Å²) >= 11 is 0. The van der Waals surface area contributed by atoms with E-state index < -0.39 is 6.04 Å². The highest BCUT2D eigenvalue weighted by atomic mass is 16.2. The third kappa shape index (κ3) is 2.23. The molecule has 1 aliphatic heterocycles. The molecular formula is C12H18N4O2. The van der Waals surface area contributed by atoms with Gasteiger partial charge in [0, 0.05) is 25.4 Å². The number of carbonyl (C=O) groups excluding carboxylic acids is 2. The Hall–Kier alpha value is -1.85. The third-order valence-corrected chi connectivity index (χ3v) is 3.19. The van der Waals surface area contributed by atoms with E-state index in [0.717, 1.165) is 5.56 Å². The Morgan fingerprint density at radius 2 is 2.17 bits per heavy atom. The van der Waals surface area contributed by atoms with Crippen LogP contribution < -0.4 is 5.32 Å². The summed E-state index contributed by atoms with van der Waals surface area (Å²) in [5, 5.41) is 6.77. The standard InChI is InChI=1S/C12H18N4O2/c1-4-10-11(17)14-8(2)12(18)16(10)7-9-5-13-15(3)6-9/h5-6,8,10H,4,7H2,1-3H3,(H,14,17). The molecule has 6 heteroatoms. The molecule has 18 heavy (non-hydrogen) atoms. The van der Waals surface area contributed by atoms with Crippen molar-refractivity contribution in [3.8, 4) is 0 Å². The van der Waals surface area contributed by atoms with Crippen LogP contribution in [0.15, 0.2) is 12.4 Å². The van der Waals surface area contributed by atoms with Crippen LogP contribution in [0.3, 0.4) is 0 Å². The van der Waals surface area contributed by atoms with Crippen molar-refractivity contribution in [3.05, 3.63) is 18.0 Å². The number of aryl methyl sites for hydroxylation is 1. The van der Waals surface area contributed by atoms with Crippen LogP contribution in [0.4, 0.5) is 0 Å². The van der Waals surface area contributed by atoms with Crippen LogP contribution in [0.2, 0.25) is 0 Å². The van der Waals surface area contributed by atoms with Crippen molar-refractivity contribution in [2.75, 3.05) is 0 Å². The largest absolute Gasteiger partial charge is 0.343 e. The maximum atomic E-state index is 12.1. The summed E-state index contributed by atoms with van der Waals surface area (Å²) in [6, 6.07) is -0.828. The lowest BCUT2D eigenvalue weighted by Gasteiger charge is -2.37. The van der Waals surface area contributed by atoms with E-state index >= 15 is 0 Å². The van der Waals surface area contributed by atoms with Crippen molar-refractivity contribution in [1.82, 2.24) is 20.0 Å². The number of aromatic nitrogens is 2. The molecule has 0 aromatic carbocycles. The second-order valence-electron chi connectivity index (χ2n) is 4.64. The van der Waals surface area contributed by atoms with Gasteiger partial charge in [-0.25, -0.2) is 0 Å². The molecule has 0 spiro atoms. The minimum Gasteiger partial charge on any atom is -0.343 e. The van der Waals surface area contributed by atoms with Crippen LogP contribution in [-0.2, 0) is 23.2 Å². The Kier molecular flexibility index (Phi) is 3.36. The zero-order chi connectivity index (χ0) is 13.3. The summed E-state index contributed by atoms with van der Waals surface area (Å²) in [6.45, 7) is 4.05. The minimum atomic E-state index is -0.447. The molecule has 2 atom stereocenters. The molecule has 1 N–H and O–H groups in total.